The minimum Gasteiger partial charge on any atom is -0.494 e. The quantitative estimate of drug-likeness (QED) is 0.508. The molecule has 2 aromatic carbocycles. The lowest BCUT2D eigenvalue weighted by atomic mass is 10.1. The summed E-state index contributed by atoms with van der Waals surface area (Å²) in [4.78, 5) is 23.6. The number of aryl methyl sites for hydroxylation is 2. The zero-order valence-corrected chi connectivity index (χ0v) is 16.5. The fourth-order valence-electron chi connectivity index (χ4n) is 2.30. The molecular weight excluding hydrogens is 398 g/mol. The Morgan fingerprint density at radius 1 is 1.08 bits per heavy atom. The van der Waals surface area contributed by atoms with Crippen LogP contribution in [0, 0.1) is 13.8 Å². The molecule has 2 rings (SSSR count). The van der Waals surface area contributed by atoms with Gasteiger partial charge >= 0.3 is 5.97 Å². The van der Waals surface area contributed by atoms with E-state index >= 15 is 0 Å². The molecule has 0 heterocycles. The van der Waals surface area contributed by atoms with Crippen molar-refractivity contribution in [2.45, 2.75) is 26.7 Å². The number of carbonyl (C=O) groups is 2. The van der Waals surface area contributed by atoms with Crippen LogP contribution in [0.1, 0.15) is 24.0 Å². The Hall–Kier alpha value is -2.34. The second-order valence-corrected chi connectivity index (χ2v) is 6.85. The lowest BCUT2D eigenvalue weighted by Crippen LogP contribution is -2.21. The van der Waals surface area contributed by atoms with E-state index in [1.165, 1.54) is 0 Å². The number of ether oxygens (including phenoxy) is 2. The van der Waals surface area contributed by atoms with Gasteiger partial charge in [0.25, 0.3) is 5.91 Å². The van der Waals surface area contributed by atoms with Gasteiger partial charge in [0.05, 0.1) is 6.61 Å². The number of benzene rings is 2. The van der Waals surface area contributed by atoms with Gasteiger partial charge in [0.2, 0.25) is 0 Å². The second kappa shape index (κ2) is 9.97. The Kier molecular flexibility index (Phi) is 7.66. The largest absolute Gasteiger partial charge is 0.494 e. The molecule has 0 aromatic heterocycles. The van der Waals surface area contributed by atoms with Crippen LogP contribution in [0.4, 0.5) is 5.69 Å². The molecule has 0 unspecified atom stereocenters. The summed E-state index contributed by atoms with van der Waals surface area (Å²) in [5, 5.41) is 2.74. The third-order valence-electron chi connectivity index (χ3n) is 3.63. The van der Waals surface area contributed by atoms with Crippen LogP contribution in [-0.4, -0.2) is 25.1 Å². The molecule has 0 radical (unpaired) electrons. The zero-order chi connectivity index (χ0) is 18.9. The highest BCUT2D eigenvalue weighted by molar-refractivity contribution is 9.10. The number of nitrogens with one attached hydrogen (secondary N) is 1. The van der Waals surface area contributed by atoms with Crippen LogP contribution in [0.25, 0.3) is 0 Å². The van der Waals surface area contributed by atoms with Crippen LogP contribution in [0.3, 0.4) is 0 Å². The van der Waals surface area contributed by atoms with Gasteiger partial charge in [0, 0.05) is 16.6 Å². The lowest BCUT2D eigenvalue weighted by Gasteiger charge is -2.10. The SMILES string of the molecule is Cc1ccc(NC(=O)COC(=O)CCCOc2ccc(Br)cc2)c(C)c1. The molecule has 0 atom stereocenters. The second-order valence-electron chi connectivity index (χ2n) is 5.93. The summed E-state index contributed by atoms with van der Waals surface area (Å²) in [6.07, 6.45) is 0.723. The molecule has 26 heavy (non-hydrogen) atoms. The predicted molar refractivity (Wildman–Crippen MR) is 104 cm³/mol. The Balaban J connectivity index is 1.63. The van der Waals surface area contributed by atoms with Gasteiger partial charge < -0.3 is 14.8 Å². The summed E-state index contributed by atoms with van der Waals surface area (Å²) >= 11 is 3.35. The Morgan fingerprint density at radius 2 is 1.81 bits per heavy atom. The van der Waals surface area contributed by atoms with Crippen molar-refractivity contribution in [2.75, 3.05) is 18.5 Å². The highest BCUT2D eigenvalue weighted by atomic mass is 79.9. The van der Waals surface area contributed by atoms with Crippen LogP contribution in [0.2, 0.25) is 0 Å². The first-order chi connectivity index (χ1) is 12.4. The molecule has 5 nitrogen and oxygen atoms in total. The van der Waals surface area contributed by atoms with Crippen molar-refractivity contribution < 1.29 is 19.1 Å². The zero-order valence-electron chi connectivity index (χ0n) is 14.9. The molecule has 0 aliphatic rings. The van der Waals surface area contributed by atoms with Crippen molar-refractivity contribution in [2.24, 2.45) is 0 Å². The first-order valence-electron chi connectivity index (χ1n) is 8.35. The Bertz CT molecular complexity index is 759. The van der Waals surface area contributed by atoms with Gasteiger partial charge in [0.1, 0.15) is 5.75 Å². The molecule has 0 aliphatic carbocycles. The van der Waals surface area contributed by atoms with Crippen molar-refractivity contribution in [1.29, 1.82) is 0 Å². The van der Waals surface area contributed by atoms with E-state index in [2.05, 4.69) is 21.2 Å². The van der Waals surface area contributed by atoms with Gasteiger partial charge in [-0.2, -0.15) is 0 Å². The molecular formula is C20H22BrNO4. The molecule has 0 aliphatic heterocycles. The minimum absolute atomic E-state index is 0.202. The Labute approximate surface area is 161 Å². The van der Waals surface area contributed by atoms with Gasteiger partial charge in [-0.15, -0.1) is 0 Å². The number of hydrogen-bond donors (Lipinski definition) is 1. The first-order valence-corrected chi connectivity index (χ1v) is 9.14. The summed E-state index contributed by atoms with van der Waals surface area (Å²) in [5.74, 6) is -0.0222. The number of carbonyl (C=O) groups excluding carboxylic acids is 2. The topological polar surface area (TPSA) is 64.6 Å². The summed E-state index contributed by atoms with van der Waals surface area (Å²) in [5.41, 5.74) is 2.81. The number of esters is 1. The third-order valence-corrected chi connectivity index (χ3v) is 4.16. The number of hydrogen-bond acceptors (Lipinski definition) is 4. The molecule has 0 saturated heterocycles. The fraction of sp³-hybridized carbons (Fsp3) is 0.300. The third kappa shape index (κ3) is 6.88. The standard InChI is InChI=1S/C20H22BrNO4/c1-14-5-10-18(15(2)12-14)22-19(23)13-26-20(24)4-3-11-25-17-8-6-16(21)7-9-17/h5-10,12H,3-4,11,13H2,1-2H3,(H,22,23). The van der Waals surface area contributed by atoms with Crippen LogP contribution < -0.4 is 10.1 Å². The van der Waals surface area contributed by atoms with Crippen molar-refractivity contribution >= 4 is 33.5 Å². The van der Waals surface area contributed by atoms with Crippen LogP contribution in [0.15, 0.2) is 46.9 Å². The highest BCUT2D eigenvalue weighted by Crippen LogP contribution is 2.17. The average Bonchev–Trinajstić information content (AvgIpc) is 2.61. The first kappa shape index (κ1) is 20.0. The maximum Gasteiger partial charge on any atom is 0.306 e. The average molecular weight is 420 g/mol. The summed E-state index contributed by atoms with van der Waals surface area (Å²) in [6, 6.07) is 13.2. The van der Waals surface area contributed by atoms with Gasteiger partial charge in [0.15, 0.2) is 6.61 Å². The van der Waals surface area contributed by atoms with E-state index in [0.29, 0.717) is 13.0 Å². The maximum absolute atomic E-state index is 11.9. The van der Waals surface area contributed by atoms with Gasteiger partial charge in [-0.25, -0.2) is 0 Å². The van der Waals surface area contributed by atoms with Crippen LogP contribution in [-0.2, 0) is 14.3 Å². The van der Waals surface area contributed by atoms with Gasteiger partial charge in [-0.3, -0.25) is 9.59 Å². The molecule has 0 bridgehead atoms. The molecule has 2 aromatic rings. The van der Waals surface area contributed by atoms with Crippen molar-refractivity contribution in [3.05, 3.63) is 58.1 Å². The summed E-state index contributed by atoms with van der Waals surface area (Å²) in [7, 11) is 0. The van der Waals surface area contributed by atoms with Crippen LogP contribution in [0.5, 0.6) is 5.75 Å². The lowest BCUT2D eigenvalue weighted by molar-refractivity contribution is -0.147. The fourth-order valence-corrected chi connectivity index (χ4v) is 2.56. The molecule has 6 heteroatoms. The maximum atomic E-state index is 11.9. The molecule has 0 saturated carbocycles. The molecule has 138 valence electrons. The summed E-state index contributed by atoms with van der Waals surface area (Å²) < 4.78 is 11.5. The van der Waals surface area contributed by atoms with E-state index in [0.717, 1.165) is 27.0 Å². The predicted octanol–water partition coefficient (Wildman–Crippen LogP) is 4.41. The van der Waals surface area contributed by atoms with Crippen LogP contribution >= 0.6 is 15.9 Å². The highest BCUT2D eigenvalue weighted by Gasteiger charge is 2.09. The van der Waals surface area contributed by atoms with Crippen molar-refractivity contribution in [1.82, 2.24) is 0 Å². The number of rotatable bonds is 8. The van der Waals surface area contributed by atoms with Gasteiger partial charge in [-0.1, -0.05) is 33.6 Å². The molecule has 1 amide bonds. The van der Waals surface area contributed by atoms with E-state index in [9.17, 15) is 9.59 Å². The monoisotopic (exact) mass is 419 g/mol. The van der Waals surface area contributed by atoms with E-state index in [1.807, 2.05) is 56.3 Å². The smallest absolute Gasteiger partial charge is 0.306 e. The number of halogens is 1. The van der Waals surface area contributed by atoms with E-state index in [4.69, 9.17) is 9.47 Å². The van der Waals surface area contributed by atoms with E-state index < -0.39 is 5.97 Å². The Morgan fingerprint density at radius 3 is 2.50 bits per heavy atom. The normalized spacial score (nSPS) is 10.3. The molecule has 1 N–H and O–H groups in total. The van der Waals surface area contributed by atoms with E-state index in [-0.39, 0.29) is 18.9 Å². The number of amides is 1. The summed E-state index contributed by atoms with van der Waals surface area (Å²) in [6.45, 7) is 4.02. The van der Waals surface area contributed by atoms with E-state index in [1.54, 1.807) is 0 Å². The molecule has 0 spiro atoms. The van der Waals surface area contributed by atoms with Crippen molar-refractivity contribution in [3.63, 3.8) is 0 Å². The van der Waals surface area contributed by atoms with Gasteiger partial charge in [-0.05, 0) is 56.2 Å². The number of anilines is 1. The van der Waals surface area contributed by atoms with Crippen molar-refractivity contribution in [3.8, 4) is 5.75 Å². The molecule has 0 fully saturated rings. The minimum atomic E-state index is -0.416.